The van der Waals surface area contributed by atoms with Gasteiger partial charge in [0.05, 0.1) is 5.56 Å². The molecule has 0 unspecified atom stereocenters. The average Bonchev–Trinajstić information content (AvgIpc) is 2.97. The second kappa shape index (κ2) is 12.7. The molecular weight excluding hydrogens is 500 g/mol. The number of rotatable bonds is 11. The van der Waals surface area contributed by atoms with Gasteiger partial charge in [0.25, 0.3) is 0 Å². The average molecular weight is 525 g/mol. The molecule has 0 saturated heterocycles. The molecule has 0 N–H and O–H groups in total. The summed E-state index contributed by atoms with van der Waals surface area (Å²) in [6, 6.07) is 25.1. The van der Waals surface area contributed by atoms with Crippen LogP contribution in [0.2, 0.25) is 0 Å². The van der Waals surface area contributed by atoms with E-state index in [0.717, 1.165) is 34.1 Å². The Balaban J connectivity index is 1.36. The fourth-order valence-corrected chi connectivity index (χ4v) is 3.49. The van der Waals surface area contributed by atoms with Crippen molar-refractivity contribution in [1.82, 2.24) is 0 Å². The Kier molecular flexibility index (Phi) is 8.71. The lowest BCUT2D eigenvalue weighted by Gasteiger charge is -2.09. The van der Waals surface area contributed by atoms with Crippen molar-refractivity contribution < 1.29 is 38.1 Å². The van der Waals surface area contributed by atoms with Crippen LogP contribution < -0.4 is 14.2 Å². The van der Waals surface area contributed by atoms with E-state index in [-0.39, 0.29) is 13.6 Å². The summed E-state index contributed by atoms with van der Waals surface area (Å²) in [5.74, 6) is -0.243. The highest BCUT2D eigenvalue weighted by Crippen LogP contribution is 2.28. The Morgan fingerprint density at radius 1 is 0.590 bits per heavy atom. The van der Waals surface area contributed by atoms with Gasteiger partial charge < -0.3 is 23.7 Å². The lowest BCUT2D eigenvalue weighted by atomic mass is 10.0. The lowest BCUT2D eigenvalue weighted by molar-refractivity contribution is -0.145. The van der Waals surface area contributed by atoms with Crippen LogP contribution in [0.25, 0.3) is 21.9 Å². The molecule has 0 atom stereocenters. The molecule has 196 valence electrons. The molecule has 0 heterocycles. The normalized spacial score (nSPS) is 10.3. The topological polar surface area (TPSA) is 97.4 Å². The summed E-state index contributed by atoms with van der Waals surface area (Å²) >= 11 is 0. The molecule has 0 fully saturated rings. The lowest BCUT2D eigenvalue weighted by Crippen LogP contribution is -2.09. The standard InChI is InChI=1S/C31H24O8/c1-3-29(32)37-19-35-26-12-7-21(8-13-26)23-5-6-25-18-28(16-11-24(25)17-23)39-31(34)22-9-14-27(15-10-22)36-20-38-30(33)4-2/h3-18H,1-2,19-20H2. The number of hydrogen-bond donors (Lipinski definition) is 0. The van der Waals surface area contributed by atoms with E-state index in [2.05, 4.69) is 13.2 Å². The summed E-state index contributed by atoms with van der Waals surface area (Å²) in [5, 5.41) is 1.88. The maximum Gasteiger partial charge on any atom is 0.343 e. The molecule has 8 nitrogen and oxygen atoms in total. The fourth-order valence-electron chi connectivity index (χ4n) is 3.49. The maximum absolute atomic E-state index is 12.6. The van der Waals surface area contributed by atoms with E-state index in [0.29, 0.717) is 22.8 Å². The van der Waals surface area contributed by atoms with E-state index in [1.54, 1.807) is 48.5 Å². The largest absolute Gasteiger partial charge is 0.457 e. The molecule has 0 radical (unpaired) electrons. The third kappa shape index (κ3) is 7.33. The Labute approximate surface area is 224 Å². The molecule has 0 aromatic heterocycles. The van der Waals surface area contributed by atoms with Crippen LogP contribution in [-0.2, 0) is 19.1 Å². The first-order valence-corrected chi connectivity index (χ1v) is 11.8. The summed E-state index contributed by atoms with van der Waals surface area (Å²) in [5.41, 5.74) is 2.32. The zero-order chi connectivity index (χ0) is 27.6. The number of carbonyl (C=O) groups is 3. The van der Waals surface area contributed by atoms with Crippen LogP contribution in [0.1, 0.15) is 10.4 Å². The molecule has 0 spiro atoms. The summed E-state index contributed by atoms with van der Waals surface area (Å²) in [6.45, 7) is 6.18. The summed E-state index contributed by atoms with van der Waals surface area (Å²) in [7, 11) is 0. The SMILES string of the molecule is C=CC(=O)OCOc1ccc(C(=O)Oc2ccc3cc(-c4ccc(OCOC(=O)C=C)cc4)ccc3c2)cc1. The van der Waals surface area contributed by atoms with E-state index in [1.807, 2.05) is 36.4 Å². The highest BCUT2D eigenvalue weighted by atomic mass is 16.7. The minimum absolute atomic E-state index is 0.193. The van der Waals surface area contributed by atoms with Crippen LogP contribution >= 0.6 is 0 Å². The van der Waals surface area contributed by atoms with Crippen molar-refractivity contribution in [2.75, 3.05) is 13.6 Å². The summed E-state index contributed by atoms with van der Waals surface area (Å²) < 4.78 is 25.8. The third-order valence-electron chi connectivity index (χ3n) is 5.49. The Hall–Kier alpha value is -5.37. The van der Waals surface area contributed by atoms with Gasteiger partial charge in [-0.3, -0.25) is 0 Å². The third-order valence-corrected chi connectivity index (χ3v) is 5.49. The Morgan fingerprint density at radius 3 is 1.67 bits per heavy atom. The first kappa shape index (κ1) is 26.7. The quantitative estimate of drug-likeness (QED) is 0.104. The number of fused-ring (bicyclic) bond motifs is 1. The number of esters is 3. The predicted molar refractivity (Wildman–Crippen MR) is 144 cm³/mol. The van der Waals surface area contributed by atoms with Crippen LogP contribution in [0.4, 0.5) is 0 Å². The first-order valence-electron chi connectivity index (χ1n) is 11.8. The highest BCUT2D eigenvalue weighted by molar-refractivity contribution is 5.93. The van der Waals surface area contributed by atoms with E-state index < -0.39 is 17.9 Å². The van der Waals surface area contributed by atoms with Crippen molar-refractivity contribution in [1.29, 1.82) is 0 Å². The smallest absolute Gasteiger partial charge is 0.343 e. The fraction of sp³-hybridized carbons (Fsp3) is 0.0645. The highest BCUT2D eigenvalue weighted by Gasteiger charge is 2.10. The number of ether oxygens (including phenoxy) is 5. The van der Waals surface area contributed by atoms with Gasteiger partial charge in [0, 0.05) is 12.2 Å². The molecule has 39 heavy (non-hydrogen) atoms. The van der Waals surface area contributed by atoms with Crippen LogP contribution in [-0.4, -0.2) is 31.5 Å². The predicted octanol–water partition coefficient (Wildman–Crippen LogP) is 5.86. The van der Waals surface area contributed by atoms with E-state index >= 15 is 0 Å². The van der Waals surface area contributed by atoms with Gasteiger partial charge in [-0.05, 0) is 76.5 Å². The van der Waals surface area contributed by atoms with Crippen LogP contribution in [0, 0.1) is 0 Å². The Morgan fingerprint density at radius 2 is 1.08 bits per heavy atom. The molecule has 0 saturated carbocycles. The van der Waals surface area contributed by atoms with Gasteiger partial charge in [-0.1, -0.05) is 43.5 Å². The molecule has 0 amide bonds. The van der Waals surface area contributed by atoms with Gasteiger partial charge in [-0.15, -0.1) is 0 Å². The molecule has 0 aliphatic rings. The van der Waals surface area contributed by atoms with Gasteiger partial charge in [0.15, 0.2) is 0 Å². The van der Waals surface area contributed by atoms with Gasteiger partial charge >= 0.3 is 17.9 Å². The van der Waals surface area contributed by atoms with Gasteiger partial charge in [0.1, 0.15) is 17.2 Å². The van der Waals surface area contributed by atoms with Crippen LogP contribution in [0.15, 0.2) is 110 Å². The van der Waals surface area contributed by atoms with E-state index in [1.165, 1.54) is 0 Å². The van der Waals surface area contributed by atoms with E-state index in [4.69, 9.17) is 23.7 Å². The molecule has 4 rings (SSSR count). The molecule has 0 bridgehead atoms. The van der Waals surface area contributed by atoms with Crippen molar-refractivity contribution in [3.8, 4) is 28.4 Å². The monoisotopic (exact) mass is 524 g/mol. The molecule has 4 aromatic carbocycles. The van der Waals surface area contributed by atoms with Crippen LogP contribution in [0.5, 0.6) is 17.2 Å². The Bertz CT molecular complexity index is 1500. The molecule has 8 heteroatoms. The minimum Gasteiger partial charge on any atom is -0.457 e. The van der Waals surface area contributed by atoms with Crippen LogP contribution in [0.3, 0.4) is 0 Å². The molecule has 4 aromatic rings. The number of carbonyl (C=O) groups excluding carboxylic acids is 3. The molecular formula is C31H24O8. The maximum atomic E-state index is 12.6. The van der Waals surface area contributed by atoms with Crippen molar-refractivity contribution in [2.24, 2.45) is 0 Å². The summed E-state index contributed by atoms with van der Waals surface area (Å²) in [6.07, 6.45) is 2.11. The zero-order valence-corrected chi connectivity index (χ0v) is 20.8. The number of benzene rings is 4. The van der Waals surface area contributed by atoms with Crippen molar-refractivity contribution >= 4 is 28.7 Å². The van der Waals surface area contributed by atoms with Crippen molar-refractivity contribution in [2.45, 2.75) is 0 Å². The van der Waals surface area contributed by atoms with Gasteiger partial charge in [0.2, 0.25) is 13.6 Å². The number of hydrogen-bond acceptors (Lipinski definition) is 8. The summed E-state index contributed by atoms with van der Waals surface area (Å²) in [4.78, 5) is 34.7. The van der Waals surface area contributed by atoms with Crippen molar-refractivity contribution in [3.05, 3.63) is 116 Å². The second-order valence-electron chi connectivity index (χ2n) is 8.02. The zero-order valence-electron chi connectivity index (χ0n) is 20.8. The first-order chi connectivity index (χ1) is 18.9. The second-order valence-corrected chi connectivity index (χ2v) is 8.02. The molecule has 0 aliphatic carbocycles. The molecule has 0 aliphatic heterocycles. The van der Waals surface area contributed by atoms with Gasteiger partial charge in [-0.2, -0.15) is 0 Å². The van der Waals surface area contributed by atoms with Crippen molar-refractivity contribution in [3.63, 3.8) is 0 Å². The van der Waals surface area contributed by atoms with Gasteiger partial charge in [-0.25, -0.2) is 14.4 Å². The minimum atomic E-state index is -0.590. The van der Waals surface area contributed by atoms with E-state index in [9.17, 15) is 14.4 Å².